The zero-order valence-electron chi connectivity index (χ0n) is 44.5. The molecule has 0 aliphatic rings. The van der Waals surface area contributed by atoms with Crippen LogP contribution in [0.5, 0.6) is 0 Å². The van der Waals surface area contributed by atoms with Crippen LogP contribution in [-0.2, 0) is 14.3 Å². The number of aliphatic hydroxyl groups excluding tert-OH is 2. The molecule has 0 aromatic rings. The number of carbonyl (C=O) groups is 2. The normalized spacial score (nSPS) is 13.6. The molecule has 6 heteroatoms. The Morgan fingerprint density at radius 3 is 1.27 bits per heavy atom. The predicted molar refractivity (Wildman–Crippen MR) is 292 cm³/mol. The van der Waals surface area contributed by atoms with Crippen molar-refractivity contribution in [3.63, 3.8) is 0 Å². The summed E-state index contributed by atoms with van der Waals surface area (Å²) in [4.78, 5) is 26.3. The van der Waals surface area contributed by atoms with E-state index in [0.29, 0.717) is 19.3 Å². The maximum Gasteiger partial charge on any atom is 0.306 e. The number of esters is 1. The molecule has 0 saturated heterocycles. The van der Waals surface area contributed by atoms with Crippen LogP contribution in [0.15, 0.2) is 60.8 Å². The van der Waals surface area contributed by atoms with Crippen molar-refractivity contribution in [2.75, 3.05) is 6.61 Å². The molecule has 3 atom stereocenters. The van der Waals surface area contributed by atoms with E-state index in [4.69, 9.17) is 4.74 Å². The van der Waals surface area contributed by atoms with Crippen molar-refractivity contribution in [1.82, 2.24) is 5.32 Å². The number of amides is 1. The van der Waals surface area contributed by atoms with Gasteiger partial charge in [0.05, 0.1) is 25.2 Å². The number of nitrogens with one attached hydrogen (secondary N) is 1. The topological polar surface area (TPSA) is 95.9 Å². The van der Waals surface area contributed by atoms with Gasteiger partial charge in [-0.05, 0) is 89.9 Å². The van der Waals surface area contributed by atoms with Crippen LogP contribution < -0.4 is 5.32 Å². The van der Waals surface area contributed by atoms with E-state index in [1.165, 1.54) is 148 Å². The summed E-state index contributed by atoms with van der Waals surface area (Å²) in [6.45, 7) is 6.44. The number of hydrogen-bond acceptors (Lipinski definition) is 5. The molecule has 6 nitrogen and oxygen atoms in total. The van der Waals surface area contributed by atoms with Gasteiger partial charge in [0.25, 0.3) is 0 Å². The Balaban J connectivity index is 4.55. The van der Waals surface area contributed by atoms with Crippen LogP contribution in [0.25, 0.3) is 0 Å². The average molecular weight is 939 g/mol. The quantitative estimate of drug-likeness (QED) is 0.0244. The van der Waals surface area contributed by atoms with Crippen molar-refractivity contribution in [2.45, 2.75) is 309 Å². The third-order valence-corrected chi connectivity index (χ3v) is 13.1. The first-order valence-electron chi connectivity index (χ1n) is 29.0. The fourth-order valence-electron chi connectivity index (χ4n) is 8.66. The molecule has 0 aliphatic carbocycles. The van der Waals surface area contributed by atoms with Crippen molar-refractivity contribution in [2.24, 2.45) is 0 Å². The molecular weight excluding hydrogens is 827 g/mol. The summed E-state index contributed by atoms with van der Waals surface area (Å²) in [6, 6.07) is -0.713. The Kier molecular flexibility index (Phi) is 52.5. The first kappa shape index (κ1) is 64.6. The lowest BCUT2D eigenvalue weighted by atomic mass is 10.0. The van der Waals surface area contributed by atoms with E-state index in [-0.39, 0.29) is 24.9 Å². The van der Waals surface area contributed by atoms with Crippen LogP contribution >= 0.6 is 0 Å². The Labute approximate surface area is 416 Å². The van der Waals surface area contributed by atoms with Gasteiger partial charge in [0.1, 0.15) is 6.10 Å². The van der Waals surface area contributed by atoms with E-state index < -0.39 is 18.2 Å². The fourth-order valence-corrected chi connectivity index (χ4v) is 8.66. The summed E-state index contributed by atoms with van der Waals surface area (Å²) in [5, 5.41) is 23.9. The lowest BCUT2D eigenvalue weighted by molar-refractivity contribution is -0.151. The molecule has 0 aromatic heterocycles. The highest BCUT2D eigenvalue weighted by Gasteiger charge is 2.24. The monoisotopic (exact) mass is 938 g/mol. The molecule has 0 aromatic carbocycles. The van der Waals surface area contributed by atoms with E-state index >= 15 is 0 Å². The van der Waals surface area contributed by atoms with Gasteiger partial charge in [0.2, 0.25) is 5.91 Å². The zero-order valence-corrected chi connectivity index (χ0v) is 44.5. The average Bonchev–Trinajstić information content (AvgIpc) is 3.32. The van der Waals surface area contributed by atoms with Crippen molar-refractivity contribution in [3.05, 3.63) is 60.8 Å². The molecule has 0 aliphatic heterocycles. The summed E-state index contributed by atoms with van der Waals surface area (Å²) < 4.78 is 5.95. The van der Waals surface area contributed by atoms with Gasteiger partial charge in [-0.15, -0.1) is 0 Å². The SMILES string of the molecule is CCCCC/C=C\C/C=C\C/C=C\CCCCCCCCC(=O)OC(CCCCCC/C=C/C=C/CCCCC)CC(=O)NC(CO)C(O)CCCCCCCCCCCCCCCCCC. The second-order valence-corrected chi connectivity index (χ2v) is 19.7. The standard InChI is InChI=1S/C61H111NO5/c1-4-7-10-13-16-19-22-25-27-29-30-31-33-36-39-42-45-48-51-54-61(66)67-57(52-49-46-43-40-37-34-24-21-18-15-12-9-6-3)55-60(65)62-58(56-63)59(64)53-50-47-44-41-38-35-32-28-26-23-20-17-14-11-8-5-2/h16,18-19,21,24-25,27,30-31,34,57-59,63-64H,4-15,17,20,22-23,26,28-29,32-33,35-56H2,1-3H3,(H,62,65)/b19-16-,21-18+,27-25-,31-30-,34-24+. The molecule has 0 spiro atoms. The minimum atomic E-state index is -0.798. The zero-order chi connectivity index (χ0) is 48.8. The second kappa shape index (κ2) is 54.5. The molecule has 390 valence electrons. The molecule has 0 fully saturated rings. The molecule has 0 saturated carbocycles. The first-order valence-corrected chi connectivity index (χ1v) is 29.0. The van der Waals surface area contributed by atoms with Gasteiger partial charge in [-0.1, -0.05) is 248 Å². The van der Waals surface area contributed by atoms with Gasteiger partial charge in [-0.2, -0.15) is 0 Å². The van der Waals surface area contributed by atoms with Crippen molar-refractivity contribution < 1.29 is 24.5 Å². The highest BCUT2D eigenvalue weighted by Crippen LogP contribution is 2.18. The third kappa shape index (κ3) is 49.8. The minimum Gasteiger partial charge on any atom is -0.462 e. The molecule has 3 N–H and O–H groups in total. The molecule has 0 bridgehead atoms. The van der Waals surface area contributed by atoms with E-state index in [0.717, 1.165) is 96.3 Å². The van der Waals surface area contributed by atoms with Gasteiger partial charge in [0, 0.05) is 6.42 Å². The van der Waals surface area contributed by atoms with Crippen LogP contribution in [0.3, 0.4) is 0 Å². The Morgan fingerprint density at radius 2 is 0.806 bits per heavy atom. The lowest BCUT2D eigenvalue weighted by Gasteiger charge is -2.24. The highest BCUT2D eigenvalue weighted by molar-refractivity contribution is 5.77. The molecule has 0 heterocycles. The van der Waals surface area contributed by atoms with E-state index in [2.05, 4.69) is 86.8 Å². The fraction of sp³-hybridized carbons (Fsp3) is 0.803. The van der Waals surface area contributed by atoms with Gasteiger partial charge in [0.15, 0.2) is 0 Å². The Morgan fingerprint density at radius 1 is 0.448 bits per heavy atom. The van der Waals surface area contributed by atoms with E-state index in [1.807, 2.05) is 0 Å². The number of carbonyl (C=O) groups excluding carboxylic acids is 2. The number of hydrogen-bond donors (Lipinski definition) is 3. The summed E-state index contributed by atoms with van der Waals surface area (Å²) in [5.41, 5.74) is 0. The number of rotatable bonds is 52. The maximum absolute atomic E-state index is 13.3. The van der Waals surface area contributed by atoms with Crippen LogP contribution in [0, 0.1) is 0 Å². The van der Waals surface area contributed by atoms with Crippen LogP contribution in [-0.4, -0.2) is 46.9 Å². The number of aliphatic hydroxyl groups is 2. The molecule has 0 radical (unpaired) electrons. The van der Waals surface area contributed by atoms with E-state index in [9.17, 15) is 19.8 Å². The molecule has 67 heavy (non-hydrogen) atoms. The summed E-state index contributed by atoms with van der Waals surface area (Å²) in [6.07, 6.45) is 68.5. The van der Waals surface area contributed by atoms with Crippen molar-refractivity contribution in [1.29, 1.82) is 0 Å². The van der Waals surface area contributed by atoms with Crippen LogP contribution in [0.4, 0.5) is 0 Å². The minimum absolute atomic E-state index is 0.0581. The highest BCUT2D eigenvalue weighted by atomic mass is 16.5. The van der Waals surface area contributed by atoms with Gasteiger partial charge in [-0.3, -0.25) is 9.59 Å². The third-order valence-electron chi connectivity index (χ3n) is 13.1. The van der Waals surface area contributed by atoms with Crippen molar-refractivity contribution >= 4 is 11.9 Å². The molecule has 3 unspecified atom stereocenters. The van der Waals surface area contributed by atoms with E-state index in [1.54, 1.807) is 0 Å². The number of unbranched alkanes of at least 4 members (excludes halogenated alkanes) is 31. The summed E-state index contributed by atoms with van der Waals surface area (Å²) in [7, 11) is 0. The molecule has 1 amide bonds. The summed E-state index contributed by atoms with van der Waals surface area (Å²) in [5.74, 6) is -0.502. The maximum atomic E-state index is 13.3. The van der Waals surface area contributed by atoms with Gasteiger partial charge >= 0.3 is 5.97 Å². The van der Waals surface area contributed by atoms with Gasteiger partial charge < -0.3 is 20.3 Å². The number of allylic oxidation sites excluding steroid dienone is 10. The lowest BCUT2D eigenvalue weighted by Crippen LogP contribution is -2.46. The Bertz CT molecular complexity index is 1190. The summed E-state index contributed by atoms with van der Waals surface area (Å²) >= 11 is 0. The Hall–Kier alpha value is -2.44. The van der Waals surface area contributed by atoms with Crippen LogP contribution in [0.1, 0.15) is 290 Å². The molecular formula is C61H111NO5. The van der Waals surface area contributed by atoms with Crippen molar-refractivity contribution in [3.8, 4) is 0 Å². The number of ether oxygens (including phenoxy) is 1. The van der Waals surface area contributed by atoms with Crippen LogP contribution in [0.2, 0.25) is 0 Å². The smallest absolute Gasteiger partial charge is 0.306 e. The predicted octanol–water partition coefficient (Wildman–Crippen LogP) is 18.0. The largest absolute Gasteiger partial charge is 0.462 e. The first-order chi connectivity index (χ1) is 33.0. The van der Waals surface area contributed by atoms with Gasteiger partial charge in [-0.25, -0.2) is 0 Å². The molecule has 0 rings (SSSR count). The second-order valence-electron chi connectivity index (χ2n) is 19.7.